The van der Waals surface area contributed by atoms with Crippen molar-refractivity contribution in [2.75, 3.05) is 6.54 Å². The molecule has 2 N–H and O–H groups in total. The van der Waals surface area contributed by atoms with Gasteiger partial charge in [0.2, 0.25) is 15.6 Å². The normalized spacial score (nSPS) is 11.6. The first-order chi connectivity index (χ1) is 8.58. The third-order valence-corrected chi connectivity index (χ3v) is 4.70. The van der Waals surface area contributed by atoms with Crippen LogP contribution in [0.15, 0.2) is 45.5 Å². The Labute approximate surface area is 109 Å². The Morgan fingerprint density at radius 3 is 2.72 bits per heavy atom. The molecule has 0 bridgehead atoms. The molecule has 0 atom stereocenters. The zero-order valence-corrected chi connectivity index (χ0v) is 11.1. The van der Waals surface area contributed by atoms with Crippen LogP contribution in [0.5, 0.6) is 0 Å². The summed E-state index contributed by atoms with van der Waals surface area (Å²) in [5.41, 5.74) is -0.326. The molecule has 0 saturated carbocycles. The Hall–Kier alpha value is -1.44. The van der Waals surface area contributed by atoms with E-state index in [9.17, 15) is 13.2 Å². The first-order valence-electron chi connectivity index (χ1n) is 5.29. The van der Waals surface area contributed by atoms with Crippen LogP contribution in [-0.2, 0) is 16.4 Å². The fourth-order valence-corrected chi connectivity index (χ4v) is 3.12. The number of aromatic amines is 1. The Morgan fingerprint density at radius 2 is 2.11 bits per heavy atom. The molecule has 2 heterocycles. The van der Waals surface area contributed by atoms with Gasteiger partial charge in [0.25, 0.3) is 0 Å². The van der Waals surface area contributed by atoms with Crippen LogP contribution in [0, 0.1) is 0 Å². The molecule has 0 fully saturated rings. The molecule has 2 rings (SSSR count). The van der Waals surface area contributed by atoms with Gasteiger partial charge in [-0.15, -0.1) is 11.3 Å². The van der Waals surface area contributed by atoms with E-state index in [-0.39, 0.29) is 10.5 Å². The smallest absolute Gasteiger partial charge is 0.247 e. The first-order valence-corrected chi connectivity index (χ1v) is 7.65. The van der Waals surface area contributed by atoms with Crippen LogP contribution in [0.2, 0.25) is 0 Å². The second-order valence-electron chi connectivity index (χ2n) is 3.62. The summed E-state index contributed by atoms with van der Waals surface area (Å²) in [5, 5.41) is 1.95. The van der Waals surface area contributed by atoms with E-state index in [1.165, 1.54) is 18.3 Å². The zero-order valence-electron chi connectivity index (χ0n) is 9.42. The third kappa shape index (κ3) is 3.28. The molecular formula is C11H12N2O3S2. The molecule has 0 aromatic carbocycles. The average Bonchev–Trinajstić information content (AvgIpc) is 2.82. The molecule has 0 radical (unpaired) electrons. The van der Waals surface area contributed by atoms with Gasteiger partial charge in [-0.05, 0) is 23.9 Å². The topological polar surface area (TPSA) is 79.0 Å². The van der Waals surface area contributed by atoms with Gasteiger partial charge < -0.3 is 4.98 Å². The molecule has 5 nitrogen and oxygen atoms in total. The van der Waals surface area contributed by atoms with E-state index >= 15 is 0 Å². The van der Waals surface area contributed by atoms with Crippen molar-refractivity contribution in [3.8, 4) is 0 Å². The molecule has 0 aliphatic heterocycles. The fraction of sp³-hybridized carbons (Fsp3) is 0.182. The fourth-order valence-electron chi connectivity index (χ4n) is 1.41. The van der Waals surface area contributed by atoms with Gasteiger partial charge in [-0.25, -0.2) is 13.1 Å². The van der Waals surface area contributed by atoms with E-state index in [0.717, 1.165) is 4.88 Å². The van der Waals surface area contributed by atoms with E-state index in [1.807, 2.05) is 17.5 Å². The number of thiophene rings is 1. The molecule has 0 aliphatic carbocycles. The summed E-state index contributed by atoms with van der Waals surface area (Å²) in [5.74, 6) is 0. The Morgan fingerprint density at radius 1 is 1.28 bits per heavy atom. The Balaban J connectivity index is 1.99. The van der Waals surface area contributed by atoms with E-state index in [4.69, 9.17) is 0 Å². The summed E-state index contributed by atoms with van der Waals surface area (Å²) in [6, 6.07) is 6.36. The van der Waals surface area contributed by atoms with Crippen LogP contribution in [0.4, 0.5) is 0 Å². The van der Waals surface area contributed by atoms with Crippen molar-refractivity contribution in [1.29, 1.82) is 0 Å². The molecule has 0 amide bonds. The highest BCUT2D eigenvalue weighted by Crippen LogP contribution is 2.09. The Kier molecular flexibility index (Phi) is 3.95. The van der Waals surface area contributed by atoms with Gasteiger partial charge in [0.1, 0.15) is 0 Å². The van der Waals surface area contributed by atoms with Gasteiger partial charge in [-0.2, -0.15) is 0 Å². The van der Waals surface area contributed by atoms with Crippen molar-refractivity contribution in [3.63, 3.8) is 0 Å². The van der Waals surface area contributed by atoms with Gasteiger partial charge in [-0.3, -0.25) is 4.79 Å². The minimum absolute atomic E-state index is 0.0632. The molecule has 18 heavy (non-hydrogen) atoms. The molecule has 0 aliphatic rings. The lowest BCUT2D eigenvalue weighted by molar-refractivity contribution is 0.581. The van der Waals surface area contributed by atoms with Crippen molar-refractivity contribution in [2.45, 2.75) is 11.3 Å². The van der Waals surface area contributed by atoms with E-state index in [0.29, 0.717) is 13.0 Å². The monoisotopic (exact) mass is 284 g/mol. The molecular weight excluding hydrogens is 272 g/mol. The van der Waals surface area contributed by atoms with Crippen LogP contribution < -0.4 is 10.3 Å². The van der Waals surface area contributed by atoms with E-state index in [1.54, 1.807) is 11.3 Å². The lowest BCUT2D eigenvalue weighted by atomic mass is 10.3. The molecule has 2 aromatic heterocycles. The predicted molar refractivity (Wildman–Crippen MR) is 70.3 cm³/mol. The van der Waals surface area contributed by atoms with Gasteiger partial charge in [0.05, 0.1) is 4.90 Å². The van der Waals surface area contributed by atoms with Gasteiger partial charge in [-0.1, -0.05) is 6.07 Å². The zero-order chi connectivity index (χ0) is 13.0. The molecule has 0 saturated heterocycles. The van der Waals surface area contributed by atoms with Crippen LogP contribution in [-0.4, -0.2) is 19.9 Å². The largest absolute Gasteiger partial charge is 0.328 e. The maximum atomic E-state index is 11.8. The van der Waals surface area contributed by atoms with Crippen molar-refractivity contribution in [3.05, 3.63) is 51.1 Å². The maximum absolute atomic E-state index is 11.8. The Bertz CT molecular complexity index is 639. The number of nitrogens with one attached hydrogen (secondary N) is 2. The first kappa shape index (κ1) is 13.0. The van der Waals surface area contributed by atoms with E-state index < -0.39 is 10.0 Å². The summed E-state index contributed by atoms with van der Waals surface area (Å²) in [7, 11) is -3.55. The highest BCUT2D eigenvalue weighted by atomic mass is 32.2. The summed E-state index contributed by atoms with van der Waals surface area (Å²) in [6.45, 7) is 0.335. The summed E-state index contributed by atoms with van der Waals surface area (Å²) < 4.78 is 26.2. The van der Waals surface area contributed by atoms with Gasteiger partial charge in [0, 0.05) is 23.7 Å². The van der Waals surface area contributed by atoms with Gasteiger partial charge >= 0.3 is 0 Å². The number of H-pyrrole nitrogens is 1. The molecule has 2 aromatic rings. The highest BCUT2D eigenvalue weighted by molar-refractivity contribution is 7.89. The lowest BCUT2D eigenvalue weighted by Gasteiger charge is -2.05. The van der Waals surface area contributed by atoms with Crippen LogP contribution in [0.1, 0.15) is 4.88 Å². The van der Waals surface area contributed by atoms with Crippen molar-refractivity contribution in [1.82, 2.24) is 9.71 Å². The number of sulfonamides is 1. The standard InChI is InChI=1S/C11H12N2O3S2/c14-11-4-3-10(8-12-11)18(15,16)13-6-5-9-2-1-7-17-9/h1-4,7-8,13H,5-6H2,(H,12,14). The van der Waals surface area contributed by atoms with Gasteiger partial charge in [0.15, 0.2) is 0 Å². The number of rotatable bonds is 5. The number of pyridine rings is 1. The third-order valence-electron chi connectivity index (χ3n) is 2.31. The van der Waals surface area contributed by atoms with Crippen LogP contribution in [0.25, 0.3) is 0 Å². The number of hydrogen-bond donors (Lipinski definition) is 2. The summed E-state index contributed by atoms with van der Waals surface area (Å²) >= 11 is 1.59. The maximum Gasteiger partial charge on any atom is 0.247 e. The highest BCUT2D eigenvalue weighted by Gasteiger charge is 2.13. The number of aromatic nitrogens is 1. The summed E-state index contributed by atoms with van der Waals surface area (Å²) in [4.78, 5) is 14.4. The van der Waals surface area contributed by atoms with Crippen LogP contribution in [0.3, 0.4) is 0 Å². The molecule has 7 heteroatoms. The minimum atomic E-state index is -3.55. The lowest BCUT2D eigenvalue weighted by Crippen LogP contribution is -2.26. The van der Waals surface area contributed by atoms with Crippen molar-refractivity contribution < 1.29 is 8.42 Å². The predicted octanol–water partition coefficient (Wildman–Crippen LogP) is 0.957. The molecule has 0 spiro atoms. The second kappa shape index (κ2) is 5.47. The average molecular weight is 284 g/mol. The van der Waals surface area contributed by atoms with Crippen molar-refractivity contribution in [2.24, 2.45) is 0 Å². The summed E-state index contributed by atoms with van der Waals surface area (Å²) in [6.07, 6.45) is 1.84. The van der Waals surface area contributed by atoms with Crippen molar-refractivity contribution >= 4 is 21.4 Å². The van der Waals surface area contributed by atoms with Crippen LogP contribution >= 0.6 is 11.3 Å². The molecule has 0 unspecified atom stereocenters. The molecule has 96 valence electrons. The minimum Gasteiger partial charge on any atom is -0.328 e. The SMILES string of the molecule is O=c1ccc(S(=O)(=O)NCCc2cccs2)c[nH]1. The quantitative estimate of drug-likeness (QED) is 0.858. The number of hydrogen-bond acceptors (Lipinski definition) is 4. The van der Waals surface area contributed by atoms with E-state index in [2.05, 4.69) is 9.71 Å². The second-order valence-corrected chi connectivity index (χ2v) is 6.41.